The van der Waals surface area contributed by atoms with E-state index in [1.807, 2.05) is 0 Å². The molecule has 7 heteroatoms. The monoisotopic (exact) mass is 284 g/mol. The molecule has 1 fully saturated rings. The van der Waals surface area contributed by atoms with E-state index in [9.17, 15) is 18.3 Å². The van der Waals surface area contributed by atoms with Crippen molar-refractivity contribution in [1.82, 2.24) is 4.31 Å². The predicted octanol–water partition coefficient (Wildman–Crippen LogP) is -2.07. The molecule has 0 saturated carbocycles. The fourth-order valence-electron chi connectivity index (χ4n) is 2.11. The van der Waals surface area contributed by atoms with Gasteiger partial charge >= 0.3 is 0 Å². The third-order valence-electron chi connectivity index (χ3n) is 3.21. The Labute approximate surface area is 112 Å². The molecule has 0 bridgehead atoms. The SMILES string of the molecule is Cc1ccc(C(=O)[O-])cc1S(=O)(=O)N1CC[NH2+]CC1. The van der Waals surface area contributed by atoms with Gasteiger partial charge in [0.15, 0.2) is 0 Å². The van der Waals surface area contributed by atoms with Crippen molar-refractivity contribution in [2.24, 2.45) is 0 Å². The normalized spacial score (nSPS) is 17.3. The zero-order valence-corrected chi connectivity index (χ0v) is 11.4. The van der Waals surface area contributed by atoms with Crippen LogP contribution in [0.15, 0.2) is 23.1 Å². The van der Waals surface area contributed by atoms with Crippen LogP contribution in [0.4, 0.5) is 0 Å². The fraction of sp³-hybridized carbons (Fsp3) is 0.417. The number of aromatic carboxylic acids is 1. The average molecular weight is 284 g/mol. The van der Waals surface area contributed by atoms with E-state index in [4.69, 9.17) is 0 Å². The van der Waals surface area contributed by atoms with Crippen LogP contribution in [0.5, 0.6) is 0 Å². The van der Waals surface area contributed by atoms with Crippen LogP contribution < -0.4 is 10.4 Å². The largest absolute Gasteiger partial charge is 0.545 e. The lowest BCUT2D eigenvalue weighted by Gasteiger charge is -2.25. The van der Waals surface area contributed by atoms with E-state index in [0.29, 0.717) is 18.7 Å². The van der Waals surface area contributed by atoms with Crippen molar-refractivity contribution in [3.8, 4) is 0 Å². The molecule has 19 heavy (non-hydrogen) atoms. The number of sulfonamides is 1. The molecule has 0 amide bonds. The summed E-state index contributed by atoms with van der Waals surface area (Å²) >= 11 is 0. The summed E-state index contributed by atoms with van der Waals surface area (Å²) in [5.41, 5.74) is 0.423. The van der Waals surface area contributed by atoms with Gasteiger partial charge in [-0.2, -0.15) is 4.31 Å². The zero-order chi connectivity index (χ0) is 14.0. The van der Waals surface area contributed by atoms with Crippen LogP contribution in [0.1, 0.15) is 15.9 Å². The molecule has 0 unspecified atom stereocenters. The molecule has 0 aliphatic carbocycles. The summed E-state index contributed by atoms with van der Waals surface area (Å²) in [6.07, 6.45) is 0. The minimum Gasteiger partial charge on any atom is -0.545 e. The Bertz CT molecular complexity index is 592. The molecule has 1 heterocycles. The lowest BCUT2D eigenvalue weighted by atomic mass is 10.1. The number of nitrogens with two attached hydrogens (primary N) is 1. The van der Waals surface area contributed by atoms with E-state index in [1.54, 1.807) is 6.92 Å². The number of piperazine rings is 1. The second kappa shape index (κ2) is 5.28. The summed E-state index contributed by atoms with van der Waals surface area (Å²) in [5, 5.41) is 12.9. The van der Waals surface area contributed by atoms with E-state index >= 15 is 0 Å². The van der Waals surface area contributed by atoms with Gasteiger partial charge in [-0.1, -0.05) is 12.1 Å². The highest BCUT2D eigenvalue weighted by Gasteiger charge is 2.28. The van der Waals surface area contributed by atoms with Gasteiger partial charge in [0.05, 0.1) is 37.0 Å². The first kappa shape index (κ1) is 14.0. The Kier molecular flexibility index (Phi) is 3.88. The highest BCUT2D eigenvalue weighted by Crippen LogP contribution is 2.21. The van der Waals surface area contributed by atoms with Crippen LogP contribution in [0.2, 0.25) is 0 Å². The van der Waals surface area contributed by atoms with Crippen molar-refractivity contribution in [1.29, 1.82) is 0 Å². The number of carbonyl (C=O) groups excluding carboxylic acids is 1. The van der Waals surface area contributed by atoms with Gasteiger partial charge in [0, 0.05) is 0 Å². The van der Waals surface area contributed by atoms with Crippen LogP contribution in [-0.4, -0.2) is 44.9 Å². The number of carboxylic acid groups (broad SMARTS) is 1. The van der Waals surface area contributed by atoms with Gasteiger partial charge in [0.25, 0.3) is 0 Å². The van der Waals surface area contributed by atoms with Crippen molar-refractivity contribution < 1.29 is 23.6 Å². The molecule has 0 aromatic heterocycles. The number of nitrogens with zero attached hydrogens (tertiary/aromatic N) is 1. The number of rotatable bonds is 3. The molecule has 0 spiro atoms. The first-order valence-electron chi connectivity index (χ1n) is 6.07. The van der Waals surface area contributed by atoms with E-state index in [2.05, 4.69) is 5.32 Å². The van der Waals surface area contributed by atoms with Crippen LogP contribution in [0, 0.1) is 6.92 Å². The maximum atomic E-state index is 12.5. The standard InChI is InChI=1S/C12H16N2O4S/c1-9-2-3-10(12(15)16)8-11(9)19(17,18)14-6-4-13-5-7-14/h2-3,8,13H,4-7H2,1H3,(H,15,16). The molecule has 1 saturated heterocycles. The summed E-state index contributed by atoms with van der Waals surface area (Å²) in [6, 6.07) is 4.03. The first-order chi connectivity index (χ1) is 8.93. The van der Waals surface area contributed by atoms with Gasteiger partial charge in [0.2, 0.25) is 10.0 Å². The molecule has 1 aromatic carbocycles. The van der Waals surface area contributed by atoms with E-state index < -0.39 is 16.0 Å². The molecular weight excluding hydrogens is 268 g/mol. The quantitative estimate of drug-likeness (QED) is 0.689. The average Bonchev–Trinajstić information content (AvgIpc) is 2.39. The third-order valence-corrected chi connectivity index (χ3v) is 5.25. The van der Waals surface area contributed by atoms with Gasteiger partial charge in [0.1, 0.15) is 0 Å². The second-order valence-corrected chi connectivity index (χ2v) is 6.44. The van der Waals surface area contributed by atoms with E-state index in [0.717, 1.165) is 13.1 Å². The van der Waals surface area contributed by atoms with Crippen LogP contribution in [0.25, 0.3) is 0 Å². The number of carbonyl (C=O) groups is 1. The van der Waals surface area contributed by atoms with Gasteiger partial charge < -0.3 is 15.2 Å². The molecule has 1 aromatic rings. The van der Waals surface area contributed by atoms with Crippen molar-refractivity contribution in [2.75, 3.05) is 26.2 Å². The number of benzene rings is 1. The van der Waals surface area contributed by atoms with Crippen LogP contribution in [-0.2, 0) is 10.0 Å². The highest BCUT2D eigenvalue weighted by molar-refractivity contribution is 7.89. The Morgan fingerprint density at radius 3 is 2.53 bits per heavy atom. The summed E-state index contributed by atoms with van der Waals surface area (Å²) in [4.78, 5) is 10.9. The van der Waals surface area contributed by atoms with Crippen LogP contribution in [0.3, 0.4) is 0 Å². The topological polar surface area (TPSA) is 94.1 Å². The number of hydrogen-bond acceptors (Lipinski definition) is 4. The smallest absolute Gasteiger partial charge is 0.243 e. The molecule has 0 atom stereocenters. The van der Waals surface area contributed by atoms with Gasteiger partial charge in [-0.3, -0.25) is 0 Å². The predicted molar refractivity (Wildman–Crippen MR) is 65.9 cm³/mol. The molecule has 2 N–H and O–H groups in total. The maximum Gasteiger partial charge on any atom is 0.243 e. The Morgan fingerprint density at radius 1 is 1.32 bits per heavy atom. The summed E-state index contributed by atoms with van der Waals surface area (Å²) < 4.78 is 26.4. The molecule has 2 rings (SSSR count). The minimum absolute atomic E-state index is 0.0519. The Balaban J connectivity index is 2.44. The molecule has 1 aliphatic heterocycles. The number of hydrogen-bond donors (Lipinski definition) is 1. The van der Waals surface area contributed by atoms with Crippen molar-refractivity contribution in [3.05, 3.63) is 29.3 Å². The maximum absolute atomic E-state index is 12.5. The summed E-state index contributed by atoms with van der Waals surface area (Å²) in [7, 11) is -3.63. The fourth-order valence-corrected chi connectivity index (χ4v) is 3.83. The summed E-state index contributed by atoms with van der Waals surface area (Å²) in [5.74, 6) is -1.37. The van der Waals surface area contributed by atoms with Gasteiger partial charge in [-0.25, -0.2) is 8.42 Å². The van der Waals surface area contributed by atoms with E-state index in [-0.39, 0.29) is 10.5 Å². The lowest BCUT2D eigenvalue weighted by molar-refractivity contribution is -0.661. The van der Waals surface area contributed by atoms with Crippen molar-refractivity contribution in [2.45, 2.75) is 11.8 Å². The van der Waals surface area contributed by atoms with Crippen LogP contribution >= 0.6 is 0 Å². The van der Waals surface area contributed by atoms with Gasteiger partial charge in [-0.05, 0) is 24.1 Å². The van der Waals surface area contributed by atoms with E-state index in [1.165, 1.54) is 22.5 Å². The minimum atomic E-state index is -3.63. The molecular formula is C12H16N2O4S. The molecule has 0 radical (unpaired) electrons. The number of carboxylic acids is 1. The highest BCUT2D eigenvalue weighted by atomic mass is 32.2. The molecule has 6 nitrogen and oxygen atoms in total. The van der Waals surface area contributed by atoms with Crippen molar-refractivity contribution in [3.63, 3.8) is 0 Å². The number of aryl methyl sites for hydroxylation is 1. The number of quaternary nitrogens is 1. The van der Waals surface area contributed by atoms with Gasteiger partial charge in [-0.15, -0.1) is 0 Å². The first-order valence-corrected chi connectivity index (χ1v) is 7.51. The lowest BCUT2D eigenvalue weighted by Crippen LogP contribution is -2.89. The zero-order valence-electron chi connectivity index (χ0n) is 10.6. The second-order valence-electron chi connectivity index (χ2n) is 4.54. The third kappa shape index (κ3) is 2.78. The Morgan fingerprint density at radius 2 is 1.95 bits per heavy atom. The molecule has 1 aliphatic rings. The Hall–Kier alpha value is -1.44. The van der Waals surface area contributed by atoms with Crippen molar-refractivity contribution >= 4 is 16.0 Å². The molecule has 104 valence electrons. The summed E-state index contributed by atoms with van der Waals surface area (Å²) in [6.45, 7) is 3.98.